The summed E-state index contributed by atoms with van der Waals surface area (Å²) in [4.78, 5) is 10.5. The molecule has 0 aliphatic carbocycles. The summed E-state index contributed by atoms with van der Waals surface area (Å²) >= 11 is 11.7. The summed E-state index contributed by atoms with van der Waals surface area (Å²) < 4.78 is 4.33. The van der Waals surface area contributed by atoms with E-state index >= 15 is 0 Å². The Labute approximate surface area is 164 Å². The van der Waals surface area contributed by atoms with Crippen LogP contribution in [0.25, 0.3) is 0 Å². The van der Waals surface area contributed by atoms with Crippen molar-refractivity contribution in [3.63, 3.8) is 0 Å². The third kappa shape index (κ3) is 3.61. The van der Waals surface area contributed by atoms with Gasteiger partial charge in [-0.3, -0.25) is 0 Å². The fraction of sp³-hybridized carbons (Fsp3) is 0.0714. The monoisotopic (exact) mass is 320 g/mol. The second kappa shape index (κ2) is 7.79. The van der Waals surface area contributed by atoms with Crippen molar-refractivity contribution in [1.29, 1.82) is 0 Å². The van der Waals surface area contributed by atoms with Crippen molar-refractivity contribution in [2.75, 3.05) is 0 Å². The van der Waals surface area contributed by atoms with Crippen molar-refractivity contribution in [3.05, 3.63) is 71.8 Å². The minimum absolute atomic E-state index is 0. The van der Waals surface area contributed by atoms with Crippen molar-refractivity contribution < 1.29 is 9.08 Å². The first-order chi connectivity index (χ1) is 8.69. The summed E-state index contributed by atoms with van der Waals surface area (Å²) in [6.07, 6.45) is 0. The third-order valence-electron chi connectivity index (χ3n) is 2.69. The van der Waals surface area contributed by atoms with Crippen LogP contribution in [0.4, 0.5) is 0 Å². The summed E-state index contributed by atoms with van der Waals surface area (Å²) in [5.41, 5.74) is 1.23. The maximum absolute atomic E-state index is 11.9. The predicted molar refractivity (Wildman–Crippen MR) is 78.6 cm³/mol. The molecule has 0 bridgehead atoms. The zero-order valence-corrected chi connectivity index (χ0v) is 10.9. The zero-order valence-electron chi connectivity index (χ0n) is 9.35. The van der Waals surface area contributed by atoms with E-state index in [1.165, 1.54) is 0 Å². The summed E-state index contributed by atoms with van der Waals surface area (Å²) in [6, 6.07) is 17.9. The molecule has 2 nitrogen and oxygen atoms in total. The van der Waals surface area contributed by atoms with Gasteiger partial charge in [-0.2, -0.15) is 0 Å². The van der Waals surface area contributed by atoms with Gasteiger partial charge in [0.1, 0.15) is 11.9 Å². The number of carbonyl (C=O) groups excluding carboxylic acids is 1. The normalized spacial score (nSPS) is 10.4. The Balaban J connectivity index is 0.00000180. The molecule has 0 aliphatic rings. The average Bonchev–Trinajstić information content (AvgIpc) is 2.47. The van der Waals surface area contributed by atoms with Crippen LogP contribution < -0.4 is 0 Å². The van der Waals surface area contributed by atoms with Gasteiger partial charge in [0.05, 0.1) is 0 Å². The van der Waals surface area contributed by atoms with Crippen LogP contribution in [-0.4, -0.2) is 57.4 Å². The Kier molecular flexibility index (Phi) is 7.04. The standard InChI is InChI=1S/C14H10Cl2O2.K.H/c15-14(13(17)18-16,11-7-3-1-4-8-11)12-9-5-2-6-10-12;;/h1-10H;;. The van der Waals surface area contributed by atoms with Crippen LogP contribution in [0, 0.1) is 0 Å². The van der Waals surface area contributed by atoms with Crippen molar-refractivity contribution in [3.8, 4) is 0 Å². The van der Waals surface area contributed by atoms with Crippen LogP contribution >= 0.6 is 23.5 Å². The van der Waals surface area contributed by atoms with Crippen LogP contribution in [0.2, 0.25) is 0 Å². The molecule has 19 heavy (non-hydrogen) atoms. The molecule has 0 aliphatic heterocycles. The molecule has 0 aromatic heterocycles. The van der Waals surface area contributed by atoms with Crippen LogP contribution in [0.3, 0.4) is 0 Å². The van der Waals surface area contributed by atoms with Gasteiger partial charge in [-0.1, -0.05) is 72.3 Å². The van der Waals surface area contributed by atoms with Crippen molar-refractivity contribution >= 4 is 80.8 Å². The number of carbonyl (C=O) groups is 1. The van der Waals surface area contributed by atoms with Gasteiger partial charge in [0.2, 0.25) is 0 Å². The fourth-order valence-electron chi connectivity index (χ4n) is 1.79. The number of halogens is 2. The van der Waals surface area contributed by atoms with E-state index in [-0.39, 0.29) is 51.4 Å². The van der Waals surface area contributed by atoms with E-state index in [1.807, 2.05) is 12.1 Å². The average molecular weight is 321 g/mol. The van der Waals surface area contributed by atoms with E-state index < -0.39 is 10.8 Å². The van der Waals surface area contributed by atoms with Gasteiger partial charge >= 0.3 is 57.4 Å². The first kappa shape index (κ1) is 17.2. The van der Waals surface area contributed by atoms with Gasteiger partial charge < -0.3 is 4.29 Å². The Morgan fingerprint density at radius 1 is 0.895 bits per heavy atom. The fourth-order valence-corrected chi connectivity index (χ4v) is 2.24. The molecular formula is C14H11Cl2KO2. The Bertz CT molecular complexity index is 492. The first-order valence-corrected chi connectivity index (χ1v) is 6.01. The van der Waals surface area contributed by atoms with Crippen molar-refractivity contribution in [1.82, 2.24) is 0 Å². The van der Waals surface area contributed by atoms with Gasteiger partial charge in [0, 0.05) is 0 Å². The molecule has 2 aromatic carbocycles. The molecule has 0 fully saturated rings. The molecule has 0 saturated heterocycles. The minimum atomic E-state index is -1.43. The number of hydrogen-bond acceptors (Lipinski definition) is 2. The molecule has 5 heteroatoms. The molecule has 0 spiro atoms. The first-order valence-electron chi connectivity index (χ1n) is 5.32. The molecule has 94 valence electrons. The van der Waals surface area contributed by atoms with Crippen LogP contribution in [0.5, 0.6) is 0 Å². The summed E-state index contributed by atoms with van der Waals surface area (Å²) in [5, 5.41) is 0. The Morgan fingerprint density at radius 2 is 1.26 bits per heavy atom. The molecule has 0 heterocycles. The second-order valence-electron chi connectivity index (χ2n) is 3.76. The number of benzene rings is 2. The van der Waals surface area contributed by atoms with E-state index in [4.69, 9.17) is 23.5 Å². The van der Waals surface area contributed by atoms with Gasteiger partial charge in [-0.25, -0.2) is 4.79 Å². The van der Waals surface area contributed by atoms with E-state index in [9.17, 15) is 4.79 Å². The third-order valence-corrected chi connectivity index (χ3v) is 3.43. The number of alkyl halides is 1. The second-order valence-corrected chi connectivity index (χ2v) is 4.48. The summed E-state index contributed by atoms with van der Waals surface area (Å²) in [7, 11) is 0. The molecule has 0 unspecified atom stereocenters. The topological polar surface area (TPSA) is 26.3 Å². The Hall–Kier alpha value is 0.126. The zero-order chi connectivity index (χ0) is 13.0. The van der Waals surface area contributed by atoms with Crippen LogP contribution in [0.15, 0.2) is 60.7 Å². The van der Waals surface area contributed by atoms with E-state index in [0.717, 1.165) is 0 Å². The summed E-state index contributed by atoms with van der Waals surface area (Å²) in [5.74, 6) is -0.719. The Morgan fingerprint density at radius 3 is 1.58 bits per heavy atom. The van der Waals surface area contributed by atoms with Gasteiger partial charge in [0.15, 0.2) is 4.87 Å². The van der Waals surface area contributed by atoms with E-state index in [2.05, 4.69) is 4.29 Å². The van der Waals surface area contributed by atoms with Gasteiger partial charge in [-0.05, 0) is 11.1 Å². The van der Waals surface area contributed by atoms with Crippen LogP contribution in [0.1, 0.15) is 11.1 Å². The quantitative estimate of drug-likeness (QED) is 0.641. The molecule has 0 radical (unpaired) electrons. The SMILES string of the molecule is O=C(OCl)C(Cl)(c1ccccc1)c1ccccc1.[KH]. The van der Waals surface area contributed by atoms with Gasteiger partial charge in [-0.15, -0.1) is 0 Å². The molecule has 0 N–H and O–H groups in total. The van der Waals surface area contributed by atoms with Crippen LogP contribution in [-0.2, 0) is 14.0 Å². The van der Waals surface area contributed by atoms with E-state index in [0.29, 0.717) is 11.1 Å². The molecule has 0 amide bonds. The number of rotatable bonds is 3. The number of hydrogen-bond donors (Lipinski definition) is 0. The van der Waals surface area contributed by atoms with Crippen molar-refractivity contribution in [2.24, 2.45) is 0 Å². The molecule has 0 atom stereocenters. The van der Waals surface area contributed by atoms with Gasteiger partial charge in [0.25, 0.3) is 0 Å². The summed E-state index contributed by atoms with van der Waals surface area (Å²) in [6.45, 7) is 0. The van der Waals surface area contributed by atoms with Crippen molar-refractivity contribution in [2.45, 2.75) is 4.87 Å². The predicted octanol–water partition coefficient (Wildman–Crippen LogP) is 3.22. The molecule has 2 rings (SSSR count). The van der Waals surface area contributed by atoms with E-state index in [1.54, 1.807) is 48.5 Å². The molecular weight excluding hydrogens is 310 g/mol. The maximum atomic E-state index is 11.9. The molecule has 2 aromatic rings. The molecule has 0 saturated carbocycles.